The number of pyridine rings is 1. The Bertz CT molecular complexity index is 1350. The summed E-state index contributed by atoms with van der Waals surface area (Å²) in [5.41, 5.74) is 3.94. The van der Waals surface area contributed by atoms with Crippen LogP contribution in [-0.2, 0) is 6.42 Å². The number of nitrogens with one attached hydrogen (secondary N) is 2. The summed E-state index contributed by atoms with van der Waals surface area (Å²) in [6.45, 7) is 3.20. The summed E-state index contributed by atoms with van der Waals surface area (Å²) in [6.07, 6.45) is 5.73. The number of aromatic hydroxyl groups is 1. The lowest BCUT2D eigenvalue weighted by atomic mass is 9.98. The van der Waals surface area contributed by atoms with Crippen molar-refractivity contribution >= 4 is 16.8 Å². The molecule has 3 aromatic carbocycles. The molecule has 6 nitrogen and oxygen atoms in total. The van der Waals surface area contributed by atoms with Crippen LogP contribution in [0, 0.1) is 5.92 Å². The molecule has 2 heterocycles. The molecule has 0 bridgehead atoms. The van der Waals surface area contributed by atoms with Crippen molar-refractivity contribution in [2.24, 2.45) is 5.92 Å². The zero-order chi connectivity index (χ0) is 25.5. The smallest absolute Gasteiger partial charge is 0.251 e. The Hall–Kier alpha value is -3.90. The van der Waals surface area contributed by atoms with E-state index >= 15 is 0 Å². The zero-order valence-electron chi connectivity index (χ0n) is 21.0. The highest BCUT2D eigenvalue weighted by atomic mass is 16.5. The van der Waals surface area contributed by atoms with Crippen LogP contribution in [-0.4, -0.2) is 42.2 Å². The van der Waals surface area contributed by atoms with Crippen LogP contribution < -0.4 is 15.4 Å². The number of benzene rings is 3. The summed E-state index contributed by atoms with van der Waals surface area (Å²) < 4.78 is 6.30. The molecule has 1 atom stereocenters. The van der Waals surface area contributed by atoms with Crippen LogP contribution in [0.1, 0.15) is 35.2 Å². The molecule has 1 aliphatic rings. The number of piperidine rings is 1. The molecule has 0 radical (unpaired) electrons. The first-order chi connectivity index (χ1) is 18.2. The Balaban J connectivity index is 1.36. The monoisotopic (exact) mass is 495 g/mol. The van der Waals surface area contributed by atoms with E-state index in [0.717, 1.165) is 55.3 Å². The largest absolute Gasteiger partial charge is 0.506 e. The maximum absolute atomic E-state index is 13.0. The number of phenols is 1. The van der Waals surface area contributed by atoms with Gasteiger partial charge in [-0.15, -0.1) is 0 Å². The number of carbonyl (C=O) groups is 1. The van der Waals surface area contributed by atoms with Crippen LogP contribution >= 0.6 is 0 Å². The lowest BCUT2D eigenvalue weighted by molar-refractivity contribution is 0.0953. The summed E-state index contributed by atoms with van der Waals surface area (Å²) >= 11 is 0. The molecule has 0 aliphatic carbocycles. The number of ether oxygens (including phenoxy) is 1. The van der Waals surface area contributed by atoms with Crippen LogP contribution in [0.5, 0.6) is 11.5 Å². The van der Waals surface area contributed by atoms with E-state index in [1.54, 1.807) is 12.3 Å². The molecule has 1 aliphatic heterocycles. The normalized spacial score (nSPS) is 15.4. The van der Waals surface area contributed by atoms with Crippen molar-refractivity contribution in [1.82, 2.24) is 15.6 Å². The van der Waals surface area contributed by atoms with Gasteiger partial charge in [-0.25, -0.2) is 0 Å². The lowest BCUT2D eigenvalue weighted by Gasteiger charge is -2.23. The van der Waals surface area contributed by atoms with Crippen molar-refractivity contribution in [3.8, 4) is 22.6 Å². The van der Waals surface area contributed by atoms with Crippen LogP contribution in [0.2, 0.25) is 0 Å². The van der Waals surface area contributed by atoms with Crippen LogP contribution in [0.15, 0.2) is 79.0 Å². The number of nitrogens with zero attached hydrogens (tertiary/aromatic N) is 1. The summed E-state index contributed by atoms with van der Waals surface area (Å²) in [4.78, 5) is 17.3. The number of phenolic OH excluding ortho intramolecular Hbond substituents is 1. The van der Waals surface area contributed by atoms with E-state index < -0.39 is 0 Å². The van der Waals surface area contributed by atoms with Crippen LogP contribution in [0.25, 0.3) is 22.0 Å². The van der Waals surface area contributed by atoms with E-state index in [1.807, 2.05) is 54.6 Å². The topological polar surface area (TPSA) is 83.5 Å². The molecule has 1 amide bonds. The number of amides is 1. The molecule has 190 valence electrons. The van der Waals surface area contributed by atoms with Gasteiger partial charge in [-0.3, -0.25) is 9.78 Å². The summed E-state index contributed by atoms with van der Waals surface area (Å²) in [5, 5.41) is 18.0. The third kappa shape index (κ3) is 6.27. The Morgan fingerprint density at radius 2 is 1.97 bits per heavy atom. The van der Waals surface area contributed by atoms with Gasteiger partial charge in [-0.05, 0) is 79.8 Å². The van der Waals surface area contributed by atoms with Gasteiger partial charge in [-0.1, -0.05) is 36.4 Å². The number of carbonyl (C=O) groups excluding carboxylic acids is 1. The minimum Gasteiger partial charge on any atom is -0.506 e. The van der Waals surface area contributed by atoms with Gasteiger partial charge < -0.3 is 20.5 Å². The second kappa shape index (κ2) is 11.9. The van der Waals surface area contributed by atoms with Gasteiger partial charge >= 0.3 is 0 Å². The maximum atomic E-state index is 13.0. The second-order valence-electron chi connectivity index (χ2n) is 9.65. The standard InChI is InChI=1S/C31H33N3O3/c35-28-19-26(17-24-11-6-15-33-30(24)28)27-18-25(12-13-29(27)37-21-23-10-4-14-32-20-23)31(36)34-16-5-9-22-7-2-1-3-8-22/h1-3,6-8,11-13,15,17-19,23,32,35H,4-5,9-10,14,16,20-21H2,(H,34,36). The minimum atomic E-state index is -0.121. The molecule has 5 rings (SSSR count). The molecule has 1 aromatic heterocycles. The third-order valence-corrected chi connectivity index (χ3v) is 6.88. The molecule has 0 saturated carbocycles. The highest BCUT2D eigenvalue weighted by Crippen LogP contribution is 2.36. The fourth-order valence-electron chi connectivity index (χ4n) is 4.87. The van der Waals surface area contributed by atoms with Gasteiger partial charge in [0.05, 0.1) is 6.61 Å². The Labute approximate surface area is 217 Å². The number of hydrogen-bond donors (Lipinski definition) is 3. The van der Waals surface area contributed by atoms with Crippen molar-refractivity contribution in [1.29, 1.82) is 0 Å². The summed E-state index contributed by atoms with van der Waals surface area (Å²) in [5.74, 6) is 1.13. The highest BCUT2D eigenvalue weighted by Gasteiger charge is 2.18. The van der Waals surface area contributed by atoms with Crippen molar-refractivity contribution in [3.63, 3.8) is 0 Å². The van der Waals surface area contributed by atoms with Gasteiger partial charge in [0.15, 0.2) is 0 Å². The van der Waals surface area contributed by atoms with Gasteiger partial charge in [-0.2, -0.15) is 0 Å². The van der Waals surface area contributed by atoms with E-state index in [2.05, 4.69) is 27.8 Å². The average molecular weight is 496 g/mol. The molecule has 1 fully saturated rings. The van der Waals surface area contributed by atoms with Crippen molar-refractivity contribution < 1.29 is 14.6 Å². The van der Waals surface area contributed by atoms with Crippen molar-refractivity contribution in [2.75, 3.05) is 26.2 Å². The third-order valence-electron chi connectivity index (χ3n) is 6.88. The van der Waals surface area contributed by atoms with Gasteiger partial charge in [0.2, 0.25) is 0 Å². The lowest BCUT2D eigenvalue weighted by Crippen LogP contribution is -2.33. The molecule has 6 heteroatoms. The minimum absolute atomic E-state index is 0.103. The molecule has 0 spiro atoms. The Morgan fingerprint density at radius 3 is 2.81 bits per heavy atom. The number of hydrogen-bond acceptors (Lipinski definition) is 5. The van der Waals surface area contributed by atoms with E-state index in [9.17, 15) is 9.90 Å². The van der Waals surface area contributed by atoms with Crippen LogP contribution in [0.3, 0.4) is 0 Å². The highest BCUT2D eigenvalue weighted by molar-refractivity contribution is 5.97. The first kappa shape index (κ1) is 24.8. The van der Waals surface area contributed by atoms with E-state index in [0.29, 0.717) is 35.9 Å². The quantitative estimate of drug-likeness (QED) is 0.273. The van der Waals surface area contributed by atoms with Crippen LogP contribution in [0.4, 0.5) is 0 Å². The summed E-state index contributed by atoms with van der Waals surface area (Å²) in [7, 11) is 0. The fraction of sp³-hybridized carbons (Fsp3) is 0.290. The van der Waals surface area contributed by atoms with Crippen molar-refractivity contribution in [3.05, 3.63) is 90.1 Å². The van der Waals surface area contributed by atoms with Gasteiger partial charge in [0.1, 0.15) is 17.0 Å². The molecular formula is C31H33N3O3. The Kier molecular flexibility index (Phi) is 7.96. The maximum Gasteiger partial charge on any atom is 0.251 e. The molecule has 37 heavy (non-hydrogen) atoms. The van der Waals surface area contributed by atoms with E-state index in [1.165, 1.54) is 5.56 Å². The van der Waals surface area contributed by atoms with Crippen molar-refractivity contribution in [2.45, 2.75) is 25.7 Å². The predicted molar refractivity (Wildman–Crippen MR) is 147 cm³/mol. The fourth-order valence-corrected chi connectivity index (χ4v) is 4.87. The number of aromatic nitrogens is 1. The predicted octanol–water partition coefficient (Wildman–Crippen LogP) is 5.35. The zero-order valence-corrected chi connectivity index (χ0v) is 21.0. The number of aryl methyl sites for hydroxylation is 1. The average Bonchev–Trinajstić information content (AvgIpc) is 2.95. The SMILES string of the molecule is O=C(NCCCc1ccccc1)c1ccc(OCC2CCCNC2)c(-c2cc(O)c3ncccc3c2)c1. The Morgan fingerprint density at radius 1 is 1.08 bits per heavy atom. The number of fused-ring (bicyclic) bond motifs is 1. The molecule has 1 unspecified atom stereocenters. The van der Waals surface area contributed by atoms with Gasteiger partial charge in [0, 0.05) is 41.7 Å². The summed E-state index contributed by atoms with van der Waals surface area (Å²) in [6, 6.07) is 23.3. The first-order valence-corrected chi connectivity index (χ1v) is 13.1. The molecular weight excluding hydrogens is 462 g/mol. The second-order valence-corrected chi connectivity index (χ2v) is 9.65. The molecule has 4 aromatic rings. The van der Waals surface area contributed by atoms with E-state index in [-0.39, 0.29) is 11.7 Å². The first-order valence-electron chi connectivity index (χ1n) is 13.1. The van der Waals surface area contributed by atoms with E-state index in [4.69, 9.17) is 4.74 Å². The molecule has 1 saturated heterocycles. The van der Waals surface area contributed by atoms with Gasteiger partial charge in [0.25, 0.3) is 5.91 Å². The molecule has 3 N–H and O–H groups in total. The number of rotatable bonds is 9.